The summed E-state index contributed by atoms with van der Waals surface area (Å²) in [6, 6.07) is 14.4. The highest BCUT2D eigenvalue weighted by molar-refractivity contribution is 9.10. The van der Waals surface area contributed by atoms with E-state index in [2.05, 4.69) is 46.4 Å². The Morgan fingerprint density at radius 3 is 2.38 bits per heavy atom. The van der Waals surface area contributed by atoms with Crippen LogP contribution >= 0.6 is 15.9 Å². The molecule has 0 radical (unpaired) electrons. The average molecular weight is 350 g/mol. The lowest BCUT2D eigenvalue weighted by atomic mass is 10.1. The number of ether oxygens (including phenoxy) is 2. The van der Waals surface area contributed by atoms with Crippen molar-refractivity contribution >= 4 is 15.9 Å². The first-order chi connectivity index (χ1) is 10.1. The SMILES string of the molecule is COc1ccc(C(C)NCc2cc(Br)ccc2OC)cc1. The van der Waals surface area contributed by atoms with E-state index in [1.165, 1.54) is 5.56 Å². The van der Waals surface area contributed by atoms with E-state index >= 15 is 0 Å². The van der Waals surface area contributed by atoms with Crippen molar-refractivity contribution in [2.75, 3.05) is 14.2 Å². The van der Waals surface area contributed by atoms with E-state index in [0.717, 1.165) is 28.1 Å². The lowest BCUT2D eigenvalue weighted by Gasteiger charge is -2.16. The number of methoxy groups -OCH3 is 2. The lowest BCUT2D eigenvalue weighted by Crippen LogP contribution is -2.18. The first-order valence-electron chi connectivity index (χ1n) is 6.83. The van der Waals surface area contributed by atoms with Gasteiger partial charge >= 0.3 is 0 Å². The number of benzene rings is 2. The van der Waals surface area contributed by atoms with Crippen LogP contribution in [0.15, 0.2) is 46.9 Å². The first kappa shape index (κ1) is 15.9. The van der Waals surface area contributed by atoms with Crippen LogP contribution in [0.4, 0.5) is 0 Å². The van der Waals surface area contributed by atoms with Crippen LogP contribution < -0.4 is 14.8 Å². The summed E-state index contributed by atoms with van der Waals surface area (Å²) in [6.45, 7) is 2.89. The highest BCUT2D eigenvalue weighted by Gasteiger charge is 2.08. The standard InChI is InChI=1S/C17H20BrNO2/c1-12(13-4-7-16(20-2)8-5-13)19-11-14-10-15(18)6-9-17(14)21-3/h4-10,12,19H,11H2,1-3H3. The molecule has 1 N–H and O–H groups in total. The predicted octanol–water partition coefficient (Wildman–Crippen LogP) is 4.32. The molecule has 3 nitrogen and oxygen atoms in total. The van der Waals surface area contributed by atoms with E-state index in [1.807, 2.05) is 24.3 Å². The third-order valence-electron chi connectivity index (χ3n) is 3.46. The Morgan fingerprint density at radius 1 is 1.05 bits per heavy atom. The summed E-state index contributed by atoms with van der Waals surface area (Å²) in [5.41, 5.74) is 2.36. The molecule has 2 aromatic rings. The van der Waals surface area contributed by atoms with Gasteiger partial charge in [-0.3, -0.25) is 0 Å². The molecule has 0 amide bonds. The summed E-state index contributed by atoms with van der Waals surface area (Å²) in [5, 5.41) is 3.51. The van der Waals surface area contributed by atoms with Gasteiger partial charge in [-0.05, 0) is 42.8 Å². The van der Waals surface area contributed by atoms with E-state index in [1.54, 1.807) is 14.2 Å². The Balaban J connectivity index is 2.03. The molecular weight excluding hydrogens is 330 g/mol. The molecule has 0 aliphatic carbocycles. The number of nitrogens with one attached hydrogen (secondary N) is 1. The molecule has 1 atom stereocenters. The summed E-state index contributed by atoms with van der Waals surface area (Å²) >= 11 is 3.50. The third-order valence-corrected chi connectivity index (χ3v) is 3.95. The highest BCUT2D eigenvalue weighted by atomic mass is 79.9. The van der Waals surface area contributed by atoms with Gasteiger partial charge in [-0.15, -0.1) is 0 Å². The molecule has 0 saturated carbocycles. The maximum Gasteiger partial charge on any atom is 0.123 e. The minimum atomic E-state index is 0.250. The molecule has 0 aliphatic rings. The molecule has 21 heavy (non-hydrogen) atoms. The molecule has 0 heterocycles. The Hall–Kier alpha value is -1.52. The van der Waals surface area contributed by atoms with Crippen LogP contribution in [0.25, 0.3) is 0 Å². The molecule has 4 heteroatoms. The molecule has 112 valence electrons. The molecule has 0 spiro atoms. The average Bonchev–Trinajstić information content (AvgIpc) is 2.52. The number of hydrogen-bond donors (Lipinski definition) is 1. The largest absolute Gasteiger partial charge is 0.497 e. The molecule has 0 saturated heterocycles. The summed E-state index contributed by atoms with van der Waals surface area (Å²) < 4.78 is 11.6. The number of rotatable bonds is 6. The van der Waals surface area contributed by atoms with Crippen molar-refractivity contribution in [3.05, 3.63) is 58.1 Å². The smallest absolute Gasteiger partial charge is 0.123 e. The fourth-order valence-corrected chi connectivity index (χ4v) is 2.57. The third kappa shape index (κ3) is 4.22. The van der Waals surface area contributed by atoms with E-state index in [0.29, 0.717) is 0 Å². The zero-order chi connectivity index (χ0) is 15.2. The lowest BCUT2D eigenvalue weighted by molar-refractivity contribution is 0.406. The highest BCUT2D eigenvalue weighted by Crippen LogP contribution is 2.24. The topological polar surface area (TPSA) is 30.5 Å². The second-order valence-corrected chi connectivity index (χ2v) is 5.75. The van der Waals surface area contributed by atoms with Gasteiger partial charge < -0.3 is 14.8 Å². The second-order valence-electron chi connectivity index (χ2n) is 4.83. The Bertz CT molecular complexity index is 584. The fourth-order valence-electron chi connectivity index (χ4n) is 2.16. The van der Waals surface area contributed by atoms with Gasteiger partial charge in [0.05, 0.1) is 14.2 Å². The van der Waals surface area contributed by atoms with Gasteiger partial charge in [0.25, 0.3) is 0 Å². The molecule has 0 aliphatic heterocycles. The van der Waals surface area contributed by atoms with Crippen LogP contribution in [0.2, 0.25) is 0 Å². The van der Waals surface area contributed by atoms with Crippen molar-refractivity contribution < 1.29 is 9.47 Å². The maximum absolute atomic E-state index is 5.39. The Labute approximate surface area is 134 Å². The van der Waals surface area contributed by atoms with E-state index in [-0.39, 0.29) is 6.04 Å². The van der Waals surface area contributed by atoms with Crippen molar-refractivity contribution in [1.82, 2.24) is 5.32 Å². The quantitative estimate of drug-likeness (QED) is 0.842. The minimum absolute atomic E-state index is 0.250. The normalized spacial score (nSPS) is 12.0. The van der Waals surface area contributed by atoms with Crippen molar-refractivity contribution in [3.8, 4) is 11.5 Å². The van der Waals surface area contributed by atoms with Gasteiger partial charge in [0, 0.05) is 22.6 Å². The number of halogens is 1. The number of hydrogen-bond acceptors (Lipinski definition) is 3. The van der Waals surface area contributed by atoms with Crippen LogP contribution in [0, 0.1) is 0 Å². The first-order valence-corrected chi connectivity index (χ1v) is 7.63. The van der Waals surface area contributed by atoms with Crippen molar-refractivity contribution in [2.24, 2.45) is 0 Å². The van der Waals surface area contributed by atoms with E-state index in [9.17, 15) is 0 Å². The van der Waals surface area contributed by atoms with E-state index in [4.69, 9.17) is 9.47 Å². The summed E-state index contributed by atoms with van der Waals surface area (Å²) in [7, 11) is 3.37. The zero-order valence-electron chi connectivity index (χ0n) is 12.5. The van der Waals surface area contributed by atoms with Gasteiger partial charge in [0.2, 0.25) is 0 Å². The Morgan fingerprint density at radius 2 is 1.76 bits per heavy atom. The van der Waals surface area contributed by atoms with E-state index < -0.39 is 0 Å². The molecule has 2 rings (SSSR count). The minimum Gasteiger partial charge on any atom is -0.497 e. The van der Waals surface area contributed by atoms with Gasteiger partial charge in [0.1, 0.15) is 11.5 Å². The molecule has 0 bridgehead atoms. The monoisotopic (exact) mass is 349 g/mol. The van der Waals surface area contributed by atoms with Gasteiger partial charge in [-0.2, -0.15) is 0 Å². The second kappa shape index (κ2) is 7.48. The fraction of sp³-hybridized carbons (Fsp3) is 0.294. The zero-order valence-corrected chi connectivity index (χ0v) is 14.1. The molecular formula is C17H20BrNO2. The molecule has 0 aromatic heterocycles. The van der Waals surface area contributed by atoms with Crippen LogP contribution in [0.3, 0.4) is 0 Å². The summed E-state index contributed by atoms with van der Waals surface area (Å²) in [5.74, 6) is 1.77. The molecule has 1 unspecified atom stereocenters. The van der Waals surface area contributed by atoms with Crippen molar-refractivity contribution in [2.45, 2.75) is 19.5 Å². The van der Waals surface area contributed by atoms with Crippen LogP contribution in [0.5, 0.6) is 11.5 Å². The van der Waals surface area contributed by atoms with Crippen LogP contribution in [-0.2, 0) is 6.54 Å². The van der Waals surface area contributed by atoms with Gasteiger partial charge in [-0.1, -0.05) is 28.1 Å². The predicted molar refractivity (Wildman–Crippen MR) is 88.9 cm³/mol. The molecule has 0 fully saturated rings. The van der Waals surface area contributed by atoms with Gasteiger partial charge in [-0.25, -0.2) is 0 Å². The van der Waals surface area contributed by atoms with Crippen LogP contribution in [-0.4, -0.2) is 14.2 Å². The van der Waals surface area contributed by atoms with Gasteiger partial charge in [0.15, 0.2) is 0 Å². The molecule has 2 aromatic carbocycles. The summed E-state index contributed by atoms with van der Waals surface area (Å²) in [6.07, 6.45) is 0. The van der Waals surface area contributed by atoms with Crippen molar-refractivity contribution in [1.29, 1.82) is 0 Å². The van der Waals surface area contributed by atoms with Crippen LogP contribution in [0.1, 0.15) is 24.1 Å². The van der Waals surface area contributed by atoms with Crippen molar-refractivity contribution in [3.63, 3.8) is 0 Å². The summed E-state index contributed by atoms with van der Waals surface area (Å²) in [4.78, 5) is 0. The Kier molecular flexibility index (Phi) is 5.65. The maximum atomic E-state index is 5.39.